The standard InChI is InChI=1S/C15H10BrCl2N3/c16-15-20-14(19)13(11-7-6-9(17)8-12(11)18)21(15)10-4-2-1-3-5-10/h1-8H,19H2. The highest BCUT2D eigenvalue weighted by Crippen LogP contribution is 2.37. The first-order valence-corrected chi connectivity index (χ1v) is 7.67. The molecule has 0 saturated carbocycles. The Morgan fingerprint density at radius 3 is 2.43 bits per heavy atom. The van der Waals surface area contributed by atoms with Crippen molar-refractivity contribution >= 4 is 44.9 Å². The minimum atomic E-state index is 0.398. The van der Waals surface area contributed by atoms with Crippen LogP contribution in [0.25, 0.3) is 16.9 Å². The monoisotopic (exact) mass is 381 g/mol. The molecule has 1 aromatic heterocycles. The van der Waals surface area contributed by atoms with Crippen LogP contribution < -0.4 is 5.73 Å². The Kier molecular flexibility index (Phi) is 3.93. The summed E-state index contributed by atoms with van der Waals surface area (Å²) in [6.45, 7) is 0. The number of hydrogen-bond acceptors (Lipinski definition) is 2. The van der Waals surface area contributed by atoms with E-state index < -0.39 is 0 Å². The van der Waals surface area contributed by atoms with Gasteiger partial charge < -0.3 is 5.73 Å². The maximum atomic E-state index is 6.31. The Morgan fingerprint density at radius 1 is 1.05 bits per heavy atom. The predicted octanol–water partition coefficient (Wildman–Crippen LogP) is 5.19. The fourth-order valence-corrected chi connectivity index (χ4v) is 3.23. The van der Waals surface area contributed by atoms with Gasteiger partial charge in [-0.1, -0.05) is 41.4 Å². The Balaban J connectivity index is 2.28. The molecule has 2 N–H and O–H groups in total. The lowest BCUT2D eigenvalue weighted by Crippen LogP contribution is -1.99. The van der Waals surface area contributed by atoms with E-state index in [-0.39, 0.29) is 0 Å². The van der Waals surface area contributed by atoms with E-state index in [1.54, 1.807) is 12.1 Å². The number of rotatable bonds is 2. The van der Waals surface area contributed by atoms with Gasteiger partial charge in [-0.2, -0.15) is 0 Å². The minimum Gasteiger partial charge on any atom is -0.382 e. The van der Waals surface area contributed by atoms with Crippen LogP contribution in [0.5, 0.6) is 0 Å². The van der Waals surface area contributed by atoms with Crippen molar-refractivity contribution in [2.75, 3.05) is 5.73 Å². The van der Waals surface area contributed by atoms with Crippen LogP contribution in [0.1, 0.15) is 0 Å². The molecule has 0 aliphatic heterocycles. The zero-order valence-electron chi connectivity index (χ0n) is 10.7. The number of benzene rings is 2. The van der Waals surface area contributed by atoms with Crippen molar-refractivity contribution < 1.29 is 0 Å². The number of imidazole rings is 1. The third kappa shape index (κ3) is 2.67. The Bertz CT molecular complexity index is 800. The number of nitrogens with zero attached hydrogens (tertiary/aromatic N) is 2. The fraction of sp³-hybridized carbons (Fsp3) is 0. The highest BCUT2D eigenvalue weighted by molar-refractivity contribution is 9.10. The van der Waals surface area contributed by atoms with Crippen molar-refractivity contribution in [1.82, 2.24) is 9.55 Å². The molecule has 3 nitrogen and oxygen atoms in total. The van der Waals surface area contributed by atoms with E-state index >= 15 is 0 Å². The Hall–Kier alpha value is -1.49. The maximum Gasteiger partial charge on any atom is 0.184 e. The molecule has 0 aliphatic carbocycles. The molecule has 0 fully saturated rings. The van der Waals surface area contributed by atoms with Crippen molar-refractivity contribution in [2.24, 2.45) is 0 Å². The zero-order valence-corrected chi connectivity index (χ0v) is 13.8. The SMILES string of the molecule is Nc1nc(Br)n(-c2ccccc2)c1-c1ccc(Cl)cc1Cl. The zero-order chi connectivity index (χ0) is 15.0. The maximum absolute atomic E-state index is 6.31. The van der Waals surface area contributed by atoms with Crippen molar-refractivity contribution in [3.8, 4) is 16.9 Å². The fourth-order valence-electron chi connectivity index (χ4n) is 2.16. The molecule has 0 unspecified atom stereocenters. The molecule has 0 spiro atoms. The molecule has 1 heterocycles. The van der Waals surface area contributed by atoms with Crippen molar-refractivity contribution in [1.29, 1.82) is 0 Å². The third-order valence-corrected chi connectivity index (χ3v) is 4.14. The summed E-state index contributed by atoms with van der Waals surface area (Å²) in [5.74, 6) is 0.398. The molecule has 0 atom stereocenters. The van der Waals surface area contributed by atoms with Crippen molar-refractivity contribution in [3.63, 3.8) is 0 Å². The number of para-hydroxylation sites is 1. The van der Waals surface area contributed by atoms with E-state index in [2.05, 4.69) is 20.9 Å². The predicted molar refractivity (Wildman–Crippen MR) is 91.1 cm³/mol. The normalized spacial score (nSPS) is 10.8. The number of anilines is 1. The van der Waals surface area contributed by atoms with E-state index in [9.17, 15) is 0 Å². The first-order chi connectivity index (χ1) is 10.1. The van der Waals surface area contributed by atoms with Gasteiger partial charge in [-0.05, 0) is 46.3 Å². The van der Waals surface area contributed by atoms with E-state index in [0.29, 0.717) is 20.6 Å². The van der Waals surface area contributed by atoms with Crippen LogP contribution in [0.3, 0.4) is 0 Å². The molecule has 3 aromatic rings. The van der Waals surface area contributed by atoms with Crippen LogP contribution in [0, 0.1) is 0 Å². The molecule has 0 amide bonds. The highest BCUT2D eigenvalue weighted by Gasteiger charge is 2.18. The summed E-state index contributed by atoms with van der Waals surface area (Å²) in [7, 11) is 0. The lowest BCUT2D eigenvalue weighted by molar-refractivity contribution is 1.02. The molecule has 0 radical (unpaired) electrons. The van der Waals surface area contributed by atoms with Crippen LogP contribution >= 0.6 is 39.1 Å². The van der Waals surface area contributed by atoms with Gasteiger partial charge in [0, 0.05) is 16.3 Å². The van der Waals surface area contributed by atoms with Crippen LogP contribution in [0.15, 0.2) is 53.3 Å². The summed E-state index contributed by atoms with van der Waals surface area (Å²) in [6, 6.07) is 15.1. The summed E-state index contributed by atoms with van der Waals surface area (Å²) in [6.07, 6.45) is 0. The average Bonchev–Trinajstić information content (AvgIpc) is 2.74. The largest absolute Gasteiger partial charge is 0.382 e. The van der Waals surface area contributed by atoms with Gasteiger partial charge in [-0.15, -0.1) is 0 Å². The molecule has 106 valence electrons. The van der Waals surface area contributed by atoms with Gasteiger partial charge >= 0.3 is 0 Å². The second-order valence-electron chi connectivity index (χ2n) is 4.41. The second-order valence-corrected chi connectivity index (χ2v) is 5.96. The third-order valence-electron chi connectivity index (χ3n) is 3.06. The van der Waals surface area contributed by atoms with Crippen LogP contribution in [-0.4, -0.2) is 9.55 Å². The van der Waals surface area contributed by atoms with Gasteiger partial charge in [0.05, 0.1) is 10.7 Å². The van der Waals surface area contributed by atoms with E-state index in [4.69, 9.17) is 28.9 Å². The number of nitrogens with two attached hydrogens (primary N) is 1. The van der Waals surface area contributed by atoms with Gasteiger partial charge in [0.25, 0.3) is 0 Å². The van der Waals surface area contributed by atoms with Gasteiger partial charge in [0.15, 0.2) is 10.6 Å². The van der Waals surface area contributed by atoms with Gasteiger partial charge in [-0.3, -0.25) is 4.57 Å². The number of aromatic nitrogens is 2. The number of halogens is 3. The van der Waals surface area contributed by atoms with E-state index in [1.807, 2.05) is 41.0 Å². The van der Waals surface area contributed by atoms with Gasteiger partial charge in [-0.25, -0.2) is 4.98 Å². The topological polar surface area (TPSA) is 43.8 Å². The minimum absolute atomic E-state index is 0.398. The molecule has 0 bridgehead atoms. The van der Waals surface area contributed by atoms with E-state index in [1.165, 1.54) is 0 Å². The highest BCUT2D eigenvalue weighted by atomic mass is 79.9. The number of hydrogen-bond donors (Lipinski definition) is 1. The van der Waals surface area contributed by atoms with Crippen LogP contribution in [0.2, 0.25) is 10.0 Å². The summed E-state index contributed by atoms with van der Waals surface area (Å²) in [5.41, 5.74) is 8.51. The summed E-state index contributed by atoms with van der Waals surface area (Å²) >= 11 is 15.7. The summed E-state index contributed by atoms with van der Waals surface area (Å²) in [5, 5.41) is 1.10. The van der Waals surface area contributed by atoms with Crippen molar-refractivity contribution in [2.45, 2.75) is 0 Å². The molecular weight excluding hydrogens is 373 g/mol. The smallest absolute Gasteiger partial charge is 0.184 e. The quantitative estimate of drug-likeness (QED) is 0.662. The van der Waals surface area contributed by atoms with Gasteiger partial charge in [0.2, 0.25) is 0 Å². The first kappa shape index (κ1) is 14.4. The van der Waals surface area contributed by atoms with Gasteiger partial charge in [0.1, 0.15) is 0 Å². The molecule has 2 aromatic carbocycles. The second kappa shape index (κ2) is 5.72. The average molecular weight is 383 g/mol. The van der Waals surface area contributed by atoms with Crippen molar-refractivity contribution in [3.05, 3.63) is 63.3 Å². The molecule has 6 heteroatoms. The molecule has 0 saturated heterocycles. The summed E-state index contributed by atoms with van der Waals surface area (Å²) in [4.78, 5) is 4.29. The van der Waals surface area contributed by atoms with E-state index in [0.717, 1.165) is 16.9 Å². The summed E-state index contributed by atoms with van der Waals surface area (Å²) < 4.78 is 2.52. The van der Waals surface area contributed by atoms with Crippen LogP contribution in [-0.2, 0) is 0 Å². The number of nitrogen functional groups attached to an aromatic ring is 1. The molecule has 0 aliphatic rings. The molecule has 3 rings (SSSR count). The lowest BCUT2D eigenvalue weighted by Gasteiger charge is -2.11. The molecular formula is C15H10BrCl2N3. The first-order valence-electron chi connectivity index (χ1n) is 6.12. The lowest BCUT2D eigenvalue weighted by atomic mass is 10.1. The van der Waals surface area contributed by atoms with Crippen LogP contribution in [0.4, 0.5) is 5.82 Å². The Labute approximate surface area is 140 Å². The Morgan fingerprint density at radius 2 is 1.76 bits per heavy atom. The molecule has 21 heavy (non-hydrogen) atoms.